The van der Waals surface area contributed by atoms with Crippen molar-refractivity contribution in [3.8, 4) is 11.5 Å². The Hall–Kier alpha value is -1.99. The molecule has 4 rings (SSSR count). The summed E-state index contributed by atoms with van der Waals surface area (Å²) in [5.41, 5.74) is 1.80. The fourth-order valence-corrected chi connectivity index (χ4v) is 6.02. The predicted molar refractivity (Wildman–Crippen MR) is 119 cm³/mol. The Kier molecular flexibility index (Phi) is 6.35. The number of hydrogen-bond acceptors (Lipinski definition) is 7. The highest BCUT2D eigenvalue weighted by atomic mass is 16.5. The van der Waals surface area contributed by atoms with Gasteiger partial charge in [-0.05, 0) is 56.8 Å². The second-order valence-corrected chi connectivity index (χ2v) is 9.33. The Balaban J connectivity index is 1.65. The minimum Gasteiger partial charge on any atom is -0.493 e. The molecule has 1 saturated carbocycles. The lowest BCUT2D eigenvalue weighted by Gasteiger charge is -2.52. The highest BCUT2D eigenvalue weighted by Gasteiger charge is 2.58. The number of methoxy groups -OCH3 is 1. The SMILES string of the molecule is CCNCCCC1(CCOC(C)=O)CC2c3ccc(OC)c4c3NC2(CCO4)CC1O. The van der Waals surface area contributed by atoms with Crippen LogP contribution < -0.4 is 20.1 Å². The molecule has 4 atom stereocenters. The number of anilines is 1. The number of fused-ring (bicyclic) bond motifs is 1. The molecule has 0 radical (unpaired) electrons. The number of carbonyl (C=O) groups excluding carboxylic acids is 1. The topological polar surface area (TPSA) is 89.1 Å². The van der Waals surface area contributed by atoms with Crippen molar-refractivity contribution in [3.63, 3.8) is 0 Å². The van der Waals surface area contributed by atoms with E-state index in [1.807, 2.05) is 6.07 Å². The maximum absolute atomic E-state index is 11.5. The van der Waals surface area contributed by atoms with Crippen molar-refractivity contribution in [2.45, 2.75) is 69.9 Å². The van der Waals surface area contributed by atoms with Gasteiger partial charge in [-0.3, -0.25) is 4.79 Å². The molecule has 3 N–H and O–H groups in total. The lowest BCUT2D eigenvalue weighted by atomic mass is 9.56. The van der Waals surface area contributed by atoms with Crippen LogP contribution in [0, 0.1) is 5.41 Å². The Labute approximate surface area is 184 Å². The second-order valence-electron chi connectivity index (χ2n) is 9.33. The standard InChI is InChI=1S/C24H36N2O5/c1-4-25-11-5-8-23(9-12-30-16(2)27)14-18-17-6-7-19(29-3)22-21(17)26-24(18,10-13-31-22)15-20(23)28/h6-7,18,20,25-26,28H,4-5,8-15H2,1-3H3. The zero-order valence-electron chi connectivity index (χ0n) is 19.0. The number of rotatable bonds is 9. The summed E-state index contributed by atoms with van der Waals surface area (Å²) in [5.74, 6) is 1.56. The van der Waals surface area contributed by atoms with Crippen molar-refractivity contribution in [1.29, 1.82) is 0 Å². The van der Waals surface area contributed by atoms with Crippen LogP contribution in [0.1, 0.15) is 63.9 Å². The third kappa shape index (κ3) is 3.98. The van der Waals surface area contributed by atoms with E-state index in [0.717, 1.165) is 56.0 Å². The van der Waals surface area contributed by atoms with Crippen LogP contribution in [0.15, 0.2) is 12.1 Å². The average Bonchev–Trinajstić information content (AvgIpc) is 2.91. The molecule has 4 unspecified atom stereocenters. The third-order valence-corrected chi connectivity index (χ3v) is 7.64. The van der Waals surface area contributed by atoms with Crippen molar-refractivity contribution in [3.05, 3.63) is 17.7 Å². The molecule has 7 nitrogen and oxygen atoms in total. The molecule has 1 spiro atoms. The van der Waals surface area contributed by atoms with E-state index < -0.39 is 6.10 Å². The molecule has 2 aliphatic heterocycles. The molecule has 0 amide bonds. The fraction of sp³-hybridized carbons (Fsp3) is 0.708. The maximum atomic E-state index is 11.5. The van der Waals surface area contributed by atoms with Gasteiger partial charge in [0.15, 0.2) is 11.5 Å². The summed E-state index contributed by atoms with van der Waals surface area (Å²) in [6.45, 7) is 6.37. The van der Waals surface area contributed by atoms with Crippen LogP contribution in [-0.4, -0.2) is 56.1 Å². The number of nitrogens with one attached hydrogen (secondary N) is 2. The lowest BCUT2D eigenvalue weighted by Crippen LogP contribution is -2.55. The summed E-state index contributed by atoms with van der Waals surface area (Å²) in [6.07, 6.45) is 4.48. The Morgan fingerprint density at radius 1 is 1.35 bits per heavy atom. The minimum absolute atomic E-state index is 0.202. The molecule has 7 heteroatoms. The van der Waals surface area contributed by atoms with E-state index in [1.165, 1.54) is 12.5 Å². The largest absolute Gasteiger partial charge is 0.493 e. The molecule has 172 valence electrons. The van der Waals surface area contributed by atoms with Gasteiger partial charge in [0.25, 0.3) is 0 Å². The molecule has 3 aliphatic rings. The first kappa shape index (κ1) is 22.2. The summed E-state index contributed by atoms with van der Waals surface area (Å²) < 4.78 is 16.9. The molecule has 2 bridgehead atoms. The van der Waals surface area contributed by atoms with Crippen LogP contribution in [0.25, 0.3) is 0 Å². The fourth-order valence-electron chi connectivity index (χ4n) is 6.02. The van der Waals surface area contributed by atoms with Gasteiger partial charge in [-0.1, -0.05) is 13.0 Å². The summed E-state index contributed by atoms with van der Waals surface area (Å²) in [7, 11) is 1.67. The molecule has 1 aromatic rings. The summed E-state index contributed by atoms with van der Waals surface area (Å²) >= 11 is 0. The summed E-state index contributed by atoms with van der Waals surface area (Å²) in [5, 5.41) is 18.7. The minimum atomic E-state index is -0.466. The van der Waals surface area contributed by atoms with Crippen LogP contribution >= 0.6 is 0 Å². The van der Waals surface area contributed by atoms with Crippen LogP contribution in [0.5, 0.6) is 11.5 Å². The molecular formula is C24H36N2O5. The zero-order valence-corrected chi connectivity index (χ0v) is 19.0. The van der Waals surface area contributed by atoms with Crippen molar-refractivity contribution in [1.82, 2.24) is 5.32 Å². The highest BCUT2D eigenvalue weighted by molar-refractivity contribution is 5.75. The number of esters is 1. The Morgan fingerprint density at radius 3 is 2.94 bits per heavy atom. The molecule has 2 heterocycles. The first-order valence-corrected chi connectivity index (χ1v) is 11.6. The van der Waals surface area contributed by atoms with Crippen molar-refractivity contribution in [2.24, 2.45) is 5.41 Å². The van der Waals surface area contributed by atoms with Crippen LogP contribution in [0.2, 0.25) is 0 Å². The number of aliphatic hydroxyl groups is 1. The van der Waals surface area contributed by atoms with Gasteiger partial charge in [0.05, 0.1) is 37.7 Å². The van der Waals surface area contributed by atoms with Crippen molar-refractivity contribution >= 4 is 11.7 Å². The number of hydrogen-bond donors (Lipinski definition) is 3. The first-order valence-electron chi connectivity index (χ1n) is 11.6. The number of aliphatic hydroxyl groups excluding tert-OH is 1. The number of ether oxygens (including phenoxy) is 3. The summed E-state index contributed by atoms with van der Waals surface area (Å²) in [4.78, 5) is 11.4. The van der Waals surface area contributed by atoms with Crippen molar-refractivity contribution < 1.29 is 24.1 Å². The lowest BCUT2D eigenvalue weighted by molar-refractivity contribution is -0.143. The van der Waals surface area contributed by atoms with Gasteiger partial charge in [0.2, 0.25) is 0 Å². The van der Waals surface area contributed by atoms with E-state index in [0.29, 0.717) is 26.1 Å². The normalized spacial score (nSPS) is 30.6. The van der Waals surface area contributed by atoms with E-state index in [1.54, 1.807) is 7.11 Å². The van der Waals surface area contributed by atoms with Gasteiger partial charge in [-0.25, -0.2) is 0 Å². The van der Waals surface area contributed by atoms with Gasteiger partial charge >= 0.3 is 5.97 Å². The van der Waals surface area contributed by atoms with Gasteiger partial charge in [-0.15, -0.1) is 0 Å². The van der Waals surface area contributed by atoms with E-state index in [2.05, 4.69) is 23.6 Å². The molecule has 1 aromatic carbocycles. The van der Waals surface area contributed by atoms with E-state index >= 15 is 0 Å². The van der Waals surface area contributed by atoms with Crippen LogP contribution in [0.4, 0.5) is 5.69 Å². The molecule has 1 aliphatic carbocycles. The summed E-state index contributed by atoms with van der Waals surface area (Å²) in [6, 6.07) is 4.15. The maximum Gasteiger partial charge on any atom is 0.302 e. The molecule has 31 heavy (non-hydrogen) atoms. The predicted octanol–water partition coefficient (Wildman–Crippen LogP) is 3.21. The molecule has 0 aromatic heterocycles. The van der Waals surface area contributed by atoms with E-state index in [4.69, 9.17) is 14.2 Å². The van der Waals surface area contributed by atoms with Gasteiger partial charge in [-0.2, -0.15) is 0 Å². The monoisotopic (exact) mass is 432 g/mol. The van der Waals surface area contributed by atoms with Crippen molar-refractivity contribution in [2.75, 3.05) is 38.7 Å². The van der Waals surface area contributed by atoms with Gasteiger partial charge < -0.3 is 30.0 Å². The molecule has 1 fully saturated rings. The van der Waals surface area contributed by atoms with Crippen LogP contribution in [-0.2, 0) is 9.53 Å². The van der Waals surface area contributed by atoms with Gasteiger partial charge in [0, 0.05) is 24.7 Å². The zero-order chi connectivity index (χ0) is 22.1. The second kappa shape index (κ2) is 8.87. The number of benzene rings is 1. The quantitative estimate of drug-likeness (QED) is 0.408. The van der Waals surface area contributed by atoms with Crippen LogP contribution in [0.3, 0.4) is 0 Å². The molecule has 0 saturated heterocycles. The Morgan fingerprint density at radius 2 is 2.19 bits per heavy atom. The van der Waals surface area contributed by atoms with E-state index in [9.17, 15) is 9.90 Å². The third-order valence-electron chi connectivity index (χ3n) is 7.64. The molecular weight excluding hydrogens is 396 g/mol. The Bertz CT molecular complexity index is 815. The number of carbonyl (C=O) groups is 1. The van der Waals surface area contributed by atoms with E-state index in [-0.39, 0.29) is 22.8 Å². The average molecular weight is 433 g/mol. The first-order chi connectivity index (χ1) is 14.9. The van der Waals surface area contributed by atoms with Gasteiger partial charge in [0.1, 0.15) is 0 Å². The highest BCUT2D eigenvalue weighted by Crippen LogP contribution is 2.62. The smallest absolute Gasteiger partial charge is 0.302 e.